The Hall–Kier alpha value is -1.99. The molecule has 0 spiro atoms. The lowest BCUT2D eigenvalue weighted by Gasteiger charge is -2.42. The molecule has 7 heteroatoms. The fourth-order valence-corrected chi connectivity index (χ4v) is 3.77. The zero-order valence-corrected chi connectivity index (χ0v) is 15.3. The van der Waals surface area contributed by atoms with E-state index in [9.17, 15) is 0 Å². The summed E-state index contributed by atoms with van der Waals surface area (Å²) in [6.45, 7) is 6.90. The summed E-state index contributed by atoms with van der Waals surface area (Å²) in [6, 6.07) is 6.73. The van der Waals surface area contributed by atoms with Crippen LogP contribution < -0.4 is 21.1 Å². The number of piperazine rings is 1. The Morgan fingerprint density at radius 1 is 1.08 bits per heavy atom. The highest BCUT2D eigenvalue weighted by atomic mass is 16.5. The van der Waals surface area contributed by atoms with Gasteiger partial charge in [-0.15, -0.1) is 0 Å². The third-order valence-corrected chi connectivity index (χ3v) is 5.30. The molecule has 0 unspecified atom stereocenters. The molecule has 0 amide bonds. The maximum Gasteiger partial charge on any atom is 0.191 e. The minimum atomic E-state index is 0.0408. The van der Waals surface area contributed by atoms with E-state index in [2.05, 4.69) is 32.8 Å². The van der Waals surface area contributed by atoms with Crippen LogP contribution in [0.3, 0.4) is 0 Å². The molecule has 2 aliphatic rings. The van der Waals surface area contributed by atoms with Crippen LogP contribution in [0.2, 0.25) is 0 Å². The average Bonchev–Trinajstić information content (AvgIpc) is 2.62. The van der Waals surface area contributed by atoms with Gasteiger partial charge in [-0.1, -0.05) is 0 Å². The average molecular weight is 346 g/mol. The molecule has 0 aliphatic carbocycles. The second kappa shape index (κ2) is 7.93. The summed E-state index contributed by atoms with van der Waals surface area (Å²) in [5.41, 5.74) is 12.8. The van der Waals surface area contributed by atoms with Crippen LogP contribution in [0, 0.1) is 0 Å². The van der Waals surface area contributed by atoms with Crippen molar-refractivity contribution in [3.8, 4) is 5.75 Å². The van der Waals surface area contributed by atoms with Crippen LogP contribution in [0.25, 0.3) is 0 Å². The Labute approximate surface area is 150 Å². The van der Waals surface area contributed by atoms with E-state index in [4.69, 9.17) is 16.2 Å². The molecule has 7 nitrogen and oxygen atoms in total. The third-order valence-electron chi connectivity index (χ3n) is 5.30. The summed E-state index contributed by atoms with van der Waals surface area (Å²) in [4.78, 5) is 11.6. The number of hydrogen-bond donors (Lipinski definition) is 2. The van der Waals surface area contributed by atoms with E-state index in [1.165, 1.54) is 44.7 Å². The third kappa shape index (κ3) is 4.35. The molecule has 1 aromatic rings. The van der Waals surface area contributed by atoms with E-state index in [1.54, 1.807) is 7.11 Å². The maximum absolute atomic E-state index is 5.48. The maximum atomic E-state index is 5.48. The monoisotopic (exact) mass is 346 g/mol. The van der Waals surface area contributed by atoms with Gasteiger partial charge in [-0.25, -0.2) is 4.99 Å². The Kier molecular flexibility index (Phi) is 5.65. The summed E-state index contributed by atoms with van der Waals surface area (Å²) in [5.74, 6) is 0.742. The smallest absolute Gasteiger partial charge is 0.191 e. The van der Waals surface area contributed by atoms with E-state index in [0.717, 1.165) is 13.1 Å². The molecule has 0 bridgehead atoms. The zero-order valence-electron chi connectivity index (χ0n) is 15.3. The minimum Gasteiger partial charge on any atom is -0.494 e. The molecule has 3 rings (SSSR count). The van der Waals surface area contributed by atoms with Crippen LogP contribution in [0.5, 0.6) is 5.75 Å². The first-order valence-electron chi connectivity index (χ1n) is 9.02. The zero-order chi connectivity index (χ0) is 17.8. The number of aliphatic imine (C=N–C) groups is 1. The minimum absolute atomic E-state index is 0.0408. The topological polar surface area (TPSA) is 83.3 Å². The number of hydrogen-bond acceptors (Lipinski definition) is 5. The van der Waals surface area contributed by atoms with Gasteiger partial charge >= 0.3 is 0 Å². The summed E-state index contributed by atoms with van der Waals surface area (Å²) in [6.07, 6.45) is 2.42. The molecule has 138 valence electrons. The number of guanidine groups is 1. The highest BCUT2D eigenvalue weighted by Crippen LogP contribution is 2.33. The van der Waals surface area contributed by atoms with Gasteiger partial charge in [-0.05, 0) is 32.0 Å². The fourth-order valence-electron chi connectivity index (χ4n) is 3.77. The first kappa shape index (κ1) is 17.8. The molecule has 0 atom stereocenters. The lowest BCUT2D eigenvalue weighted by atomic mass is 10.0. The molecule has 25 heavy (non-hydrogen) atoms. The molecule has 2 fully saturated rings. The molecule has 0 aromatic heterocycles. The Balaban J connectivity index is 1.62. The van der Waals surface area contributed by atoms with Crippen molar-refractivity contribution in [2.75, 3.05) is 58.3 Å². The first-order chi connectivity index (χ1) is 12.1. The Morgan fingerprint density at radius 2 is 1.76 bits per heavy atom. The highest BCUT2D eigenvalue weighted by molar-refractivity contribution is 5.80. The Morgan fingerprint density at radius 3 is 2.36 bits per heavy atom. The predicted octanol–water partition coefficient (Wildman–Crippen LogP) is 0.816. The summed E-state index contributed by atoms with van der Waals surface area (Å²) in [5, 5.41) is 0. The van der Waals surface area contributed by atoms with Crippen molar-refractivity contribution < 1.29 is 4.74 Å². The second-order valence-electron chi connectivity index (χ2n) is 6.95. The lowest BCUT2D eigenvalue weighted by molar-refractivity contribution is 0.0982. The molecular weight excluding hydrogens is 316 g/mol. The van der Waals surface area contributed by atoms with Crippen LogP contribution >= 0.6 is 0 Å². The molecule has 1 aromatic carbocycles. The number of rotatable bonds is 4. The first-order valence-corrected chi connectivity index (χ1v) is 9.02. The summed E-state index contributed by atoms with van der Waals surface area (Å²) in [7, 11) is 3.85. The number of benzene rings is 1. The molecule has 4 N–H and O–H groups in total. The van der Waals surface area contributed by atoms with Gasteiger partial charge in [0.15, 0.2) is 5.96 Å². The van der Waals surface area contributed by atoms with Crippen molar-refractivity contribution in [1.29, 1.82) is 0 Å². The van der Waals surface area contributed by atoms with Gasteiger partial charge in [-0.2, -0.15) is 0 Å². The van der Waals surface area contributed by atoms with Crippen molar-refractivity contribution in [3.63, 3.8) is 0 Å². The van der Waals surface area contributed by atoms with Crippen molar-refractivity contribution in [1.82, 2.24) is 9.80 Å². The number of nitrogens with two attached hydrogens (primary N) is 2. The van der Waals surface area contributed by atoms with Crippen LogP contribution in [0.15, 0.2) is 23.2 Å². The molecule has 2 heterocycles. The molecule has 2 saturated heterocycles. The van der Waals surface area contributed by atoms with Gasteiger partial charge < -0.3 is 26.0 Å². The van der Waals surface area contributed by atoms with E-state index >= 15 is 0 Å². The van der Waals surface area contributed by atoms with Gasteiger partial charge in [0.2, 0.25) is 0 Å². The number of nitrogens with zero attached hydrogens (tertiary/aromatic N) is 4. The van der Waals surface area contributed by atoms with Gasteiger partial charge in [0.25, 0.3) is 0 Å². The van der Waals surface area contributed by atoms with E-state index in [0.29, 0.717) is 17.5 Å². The van der Waals surface area contributed by atoms with Crippen molar-refractivity contribution >= 4 is 17.3 Å². The standard InChI is InChI=1S/C18H30N6O/c1-22-9-11-24(12-10-22)14-5-7-23(8-6-14)15-3-4-16(21-18(19)20)17(13-15)25-2/h3-4,13-14H,5-12H2,1-2H3,(H4,19,20,21). The van der Waals surface area contributed by atoms with Gasteiger partial charge in [-0.3, -0.25) is 4.90 Å². The molecule has 2 aliphatic heterocycles. The van der Waals surface area contributed by atoms with Crippen molar-refractivity contribution in [3.05, 3.63) is 18.2 Å². The fraction of sp³-hybridized carbons (Fsp3) is 0.611. The van der Waals surface area contributed by atoms with Crippen LogP contribution in [-0.2, 0) is 0 Å². The van der Waals surface area contributed by atoms with E-state index in [-0.39, 0.29) is 5.96 Å². The molecule has 0 radical (unpaired) electrons. The molecular formula is C18H30N6O. The number of anilines is 1. The summed E-state index contributed by atoms with van der Waals surface area (Å²) < 4.78 is 5.45. The SMILES string of the molecule is COc1cc(N2CCC(N3CCN(C)CC3)CC2)ccc1N=C(N)N. The predicted molar refractivity (Wildman–Crippen MR) is 103 cm³/mol. The van der Waals surface area contributed by atoms with E-state index in [1.807, 2.05) is 12.1 Å². The normalized spacial score (nSPS) is 20.5. The quantitative estimate of drug-likeness (QED) is 0.620. The van der Waals surface area contributed by atoms with Crippen molar-refractivity contribution in [2.45, 2.75) is 18.9 Å². The lowest BCUT2D eigenvalue weighted by Crippen LogP contribution is -2.52. The largest absolute Gasteiger partial charge is 0.494 e. The molecule has 0 saturated carbocycles. The van der Waals surface area contributed by atoms with E-state index < -0.39 is 0 Å². The summed E-state index contributed by atoms with van der Waals surface area (Å²) >= 11 is 0. The van der Waals surface area contributed by atoms with Gasteiger partial charge in [0.05, 0.1) is 7.11 Å². The van der Waals surface area contributed by atoms with Crippen LogP contribution in [0.1, 0.15) is 12.8 Å². The van der Waals surface area contributed by atoms with Crippen LogP contribution in [0.4, 0.5) is 11.4 Å². The Bertz CT molecular complexity index is 600. The number of likely N-dealkylation sites (N-methyl/N-ethyl adjacent to an activating group) is 1. The van der Waals surface area contributed by atoms with Crippen LogP contribution in [-0.4, -0.2) is 75.2 Å². The highest BCUT2D eigenvalue weighted by Gasteiger charge is 2.27. The van der Waals surface area contributed by atoms with Crippen molar-refractivity contribution in [2.24, 2.45) is 16.5 Å². The number of ether oxygens (including phenoxy) is 1. The van der Waals surface area contributed by atoms with Gasteiger partial charge in [0, 0.05) is 57.1 Å². The second-order valence-corrected chi connectivity index (χ2v) is 6.95. The number of methoxy groups -OCH3 is 1. The number of piperidine rings is 1. The van der Waals surface area contributed by atoms with Gasteiger partial charge in [0.1, 0.15) is 11.4 Å².